The standard InChI is InChI=1S/C20H18FN7O/c1-12(29)23-16-11-28-17(24-16)7-6-15(26-28)20-19(13-2-4-14(21)5-3-13)25-18-10-22-8-9-27(18)20/h2-7,11,22H,8-10H2,1H3,(H,23,29). The molecule has 0 atom stereocenters. The molecule has 0 saturated heterocycles. The first kappa shape index (κ1) is 17.5. The van der Waals surface area contributed by atoms with E-state index in [4.69, 9.17) is 10.1 Å². The largest absolute Gasteiger partial charge is 0.324 e. The van der Waals surface area contributed by atoms with Crippen molar-refractivity contribution in [2.45, 2.75) is 20.0 Å². The Morgan fingerprint density at radius 1 is 1.17 bits per heavy atom. The summed E-state index contributed by atoms with van der Waals surface area (Å²) in [6.45, 7) is 3.69. The molecular formula is C20H18FN7O. The minimum Gasteiger partial charge on any atom is -0.324 e. The summed E-state index contributed by atoms with van der Waals surface area (Å²) in [6.07, 6.45) is 1.67. The van der Waals surface area contributed by atoms with E-state index in [0.717, 1.165) is 41.6 Å². The maximum Gasteiger partial charge on any atom is 0.222 e. The molecule has 0 bridgehead atoms. The van der Waals surface area contributed by atoms with Crippen molar-refractivity contribution in [2.75, 3.05) is 11.9 Å². The SMILES string of the molecule is CC(=O)Nc1cn2nc(-c3c(-c4ccc(F)cc4)nc4n3CCNC4)ccc2n1. The van der Waals surface area contributed by atoms with Crippen LogP contribution in [0.1, 0.15) is 12.7 Å². The minimum atomic E-state index is -0.288. The Morgan fingerprint density at radius 2 is 2.00 bits per heavy atom. The van der Waals surface area contributed by atoms with Gasteiger partial charge in [0.1, 0.15) is 17.3 Å². The van der Waals surface area contributed by atoms with Crippen molar-refractivity contribution >= 4 is 17.4 Å². The predicted molar refractivity (Wildman–Crippen MR) is 106 cm³/mol. The van der Waals surface area contributed by atoms with Crippen molar-refractivity contribution in [3.8, 4) is 22.6 Å². The highest BCUT2D eigenvalue weighted by Gasteiger charge is 2.23. The molecule has 1 aliphatic heterocycles. The molecule has 1 aliphatic rings. The number of nitrogens with zero attached hydrogens (tertiary/aromatic N) is 5. The number of rotatable bonds is 3. The number of nitrogens with one attached hydrogen (secondary N) is 2. The topological polar surface area (TPSA) is 89.1 Å². The third kappa shape index (κ3) is 3.15. The molecule has 0 fully saturated rings. The quantitative estimate of drug-likeness (QED) is 0.560. The zero-order valence-corrected chi connectivity index (χ0v) is 15.7. The maximum absolute atomic E-state index is 13.4. The van der Waals surface area contributed by atoms with Gasteiger partial charge in [0.2, 0.25) is 5.91 Å². The van der Waals surface area contributed by atoms with E-state index in [1.807, 2.05) is 12.1 Å². The molecule has 3 aromatic heterocycles. The van der Waals surface area contributed by atoms with E-state index in [1.165, 1.54) is 19.1 Å². The first-order chi connectivity index (χ1) is 14.1. The second kappa shape index (κ2) is 6.78. The van der Waals surface area contributed by atoms with Crippen LogP contribution in [0, 0.1) is 5.82 Å². The number of fused-ring (bicyclic) bond motifs is 2. The first-order valence-electron chi connectivity index (χ1n) is 9.29. The number of amides is 1. The number of aromatic nitrogens is 5. The molecule has 9 heteroatoms. The van der Waals surface area contributed by atoms with Gasteiger partial charge in [-0.1, -0.05) is 0 Å². The maximum atomic E-state index is 13.4. The van der Waals surface area contributed by atoms with E-state index >= 15 is 0 Å². The van der Waals surface area contributed by atoms with Gasteiger partial charge in [0.05, 0.1) is 24.1 Å². The summed E-state index contributed by atoms with van der Waals surface area (Å²) in [4.78, 5) is 20.5. The lowest BCUT2D eigenvalue weighted by Crippen LogP contribution is -2.28. The van der Waals surface area contributed by atoms with Gasteiger partial charge in [0.25, 0.3) is 0 Å². The summed E-state index contributed by atoms with van der Waals surface area (Å²) in [7, 11) is 0. The number of halogens is 1. The zero-order chi connectivity index (χ0) is 20.0. The van der Waals surface area contributed by atoms with Crippen LogP contribution in [-0.2, 0) is 17.9 Å². The summed E-state index contributed by atoms with van der Waals surface area (Å²) in [6, 6.07) is 10.1. The molecule has 0 aliphatic carbocycles. The summed E-state index contributed by atoms with van der Waals surface area (Å²) < 4.78 is 17.2. The Kier molecular flexibility index (Phi) is 4.09. The molecule has 4 aromatic rings. The average molecular weight is 391 g/mol. The van der Waals surface area contributed by atoms with E-state index in [-0.39, 0.29) is 11.7 Å². The van der Waals surface area contributed by atoms with Gasteiger partial charge in [0.15, 0.2) is 11.5 Å². The van der Waals surface area contributed by atoms with E-state index in [9.17, 15) is 9.18 Å². The van der Waals surface area contributed by atoms with Crippen LogP contribution in [0.15, 0.2) is 42.6 Å². The number of benzene rings is 1. The van der Waals surface area contributed by atoms with Crippen LogP contribution >= 0.6 is 0 Å². The monoisotopic (exact) mass is 391 g/mol. The fraction of sp³-hybridized carbons (Fsp3) is 0.200. The highest BCUT2D eigenvalue weighted by molar-refractivity contribution is 5.88. The Morgan fingerprint density at radius 3 is 2.79 bits per heavy atom. The number of anilines is 1. The lowest BCUT2D eigenvalue weighted by molar-refractivity contribution is -0.114. The fourth-order valence-electron chi connectivity index (χ4n) is 3.58. The van der Waals surface area contributed by atoms with E-state index in [2.05, 4.69) is 20.2 Å². The number of carbonyl (C=O) groups is 1. The molecule has 8 nitrogen and oxygen atoms in total. The Bertz CT molecular complexity index is 1230. The molecule has 0 spiro atoms. The van der Waals surface area contributed by atoms with Crippen LogP contribution in [0.3, 0.4) is 0 Å². The van der Waals surface area contributed by atoms with Crippen molar-refractivity contribution in [3.05, 3.63) is 54.2 Å². The molecule has 4 heterocycles. The van der Waals surface area contributed by atoms with Crippen molar-refractivity contribution in [1.82, 2.24) is 29.5 Å². The van der Waals surface area contributed by atoms with Crippen molar-refractivity contribution in [3.63, 3.8) is 0 Å². The molecule has 146 valence electrons. The van der Waals surface area contributed by atoms with Gasteiger partial charge >= 0.3 is 0 Å². The fourth-order valence-corrected chi connectivity index (χ4v) is 3.58. The molecular weight excluding hydrogens is 373 g/mol. The van der Waals surface area contributed by atoms with Crippen LogP contribution in [0.2, 0.25) is 0 Å². The highest BCUT2D eigenvalue weighted by Crippen LogP contribution is 2.33. The second-order valence-corrected chi connectivity index (χ2v) is 6.89. The Balaban J connectivity index is 1.67. The van der Waals surface area contributed by atoms with Gasteiger partial charge in [-0.25, -0.2) is 18.9 Å². The summed E-state index contributed by atoms with van der Waals surface area (Å²) >= 11 is 0. The van der Waals surface area contributed by atoms with Crippen LogP contribution < -0.4 is 10.6 Å². The summed E-state index contributed by atoms with van der Waals surface area (Å²) in [5.74, 6) is 0.881. The predicted octanol–water partition coefficient (Wildman–Crippen LogP) is 2.46. The zero-order valence-electron chi connectivity index (χ0n) is 15.7. The van der Waals surface area contributed by atoms with Gasteiger partial charge in [0, 0.05) is 25.6 Å². The molecule has 1 amide bonds. The number of imidazole rings is 2. The molecule has 29 heavy (non-hydrogen) atoms. The van der Waals surface area contributed by atoms with E-state index in [0.29, 0.717) is 18.0 Å². The third-order valence-corrected chi connectivity index (χ3v) is 4.83. The molecule has 0 saturated carbocycles. The third-order valence-electron chi connectivity index (χ3n) is 4.83. The molecule has 1 aromatic carbocycles. The minimum absolute atomic E-state index is 0.190. The van der Waals surface area contributed by atoms with Crippen LogP contribution in [-0.4, -0.2) is 36.6 Å². The second-order valence-electron chi connectivity index (χ2n) is 6.89. The van der Waals surface area contributed by atoms with Crippen molar-refractivity contribution in [1.29, 1.82) is 0 Å². The molecule has 5 rings (SSSR count). The lowest BCUT2D eigenvalue weighted by atomic mass is 10.1. The summed E-state index contributed by atoms with van der Waals surface area (Å²) in [5.41, 5.74) is 3.82. The van der Waals surface area contributed by atoms with E-state index < -0.39 is 0 Å². The normalized spacial score (nSPS) is 13.4. The number of carbonyl (C=O) groups excluding carboxylic acids is 1. The van der Waals surface area contributed by atoms with Crippen molar-refractivity contribution in [2.24, 2.45) is 0 Å². The lowest BCUT2D eigenvalue weighted by Gasteiger charge is -2.17. The van der Waals surface area contributed by atoms with Crippen LogP contribution in [0.25, 0.3) is 28.3 Å². The Hall–Kier alpha value is -3.59. The van der Waals surface area contributed by atoms with Gasteiger partial charge in [-0.05, 0) is 36.4 Å². The molecule has 0 radical (unpaired) electrons. The number of hydrogen-bond acceptors (Lipinski definition) is 5. The first-order valence-corrected chi connectivity index (χ1v) is 9.29. The molecule has 2 N–H and O–H groups in total. The number of hydrogen-bond donors (Lipinski definition) is 2. The van der Waals surface area contributed by atoms with Crippen LogP contribution in [0.4, 0.5) is 10.2 Å². The van der Waals surface area contributed by atoms with Crippen LogP contribution in [0.5, 0.6) is 0 Å². The van der Waals surface area contributed by atoms with Crippen molar-refractivity contribution < 1.29 is 9.18 Å². The summed E-state index contributed by atoms with van der Waals surface area (Å²) in [5, 5.41) is 10.7. The average Bonchev–Trinajstić information content (AvgIpc) is 3.28. The van der Waals surface area contributed by atoms with Gasteiger partial charge in [-0.2, -0.15) is 5.10 Å². The smallest absolute Gasteiger partial charge is 0.222 e. The van der Waals surface area contributed by atoms with Gasteiger partial charge < -0.3 is 15.2 Å². The van der Waals surface area contributed by atoms with E-state index in [1.54, 1.807) is 22.8 Å². The molecule has 0 unspecified atom stereocenters. The Labute approximate surface area is 165 Å². The van der Waals surface area contributed by atoms with Gasteiger partial charge in [-0.15, -0.1) is 0 Å². The highest BCUT2D eigenvalue weighted by atomic mass is 19.1. The van der Waals surface area contributed by atoms with Gasteiger partial charge in [-0.3, -0.25) is 4.79 Å².